The van der Waals surface area contributed by atoms with Gasteiger partial charge in [0.1, 0.15) is 0 Å². The molecule has 25 heavy (non-hydrogen) atoms. The zero-order valence-corrected chi connectivity index (χ0v) is 18.8. The van der Waals surface area contributed by atoms with Crippen molar-refractivity contribution in [2.75, 3.05) is 13.6 Å². The Balaban J connectivity index is 0.00000576. The van der Waals surface area contributed by atoms with E-state index in [-0.39, 0.29) is 35.8 Å². The highest BCUT2D eigenvalue weighted by Gasteiger charge is 2.12. The van der Waals surface area contributed by atoms with Gasteiger partial charge in [0.05, 0.1) is 5.75 Å². The Morgan fingerprint density at radius 2 is 1.60 bits per heavy atom. The molecule has 0 amide bonds. The molecule has 0 aliphatic carbocycles. The van der Waals surface area contributed by atoms with Gasteiger partial charge in [-0.15, -0.1) is 24.0 Å². The molecule has 0 aliphatic rings. The Kier molecular flexibility index (Phi) is 11.3. The van der Waals surface area contributed by atoms with E-state index in [0.717, 1.165) is 23.6 Å². The molecule has 1 aromatic rings. The first-order valence-corrected chi connectivity index (χ1v) is 9.89. The molecule has 0 saturated carbocycles. The van der Waals surface area contributed by atoms with Crippen LogP contribution < -0.4 is 15.4 Å². The van der Waals surface area contributed by atoms with E-state index in [0.29, 0.717) is 12.5 Å². The van der Waals surface area contributed by atoms with Crippen molar-refractivity contribution < 1.29 is 8.42 Å². The van der Waals surface area contributed by atoms with Gasteiger partial charge >= 0.3 is 0 Å². The number of nitrogens with zero attached hydrogens (tertiary/aromatic N) is 1. The average Bonchev–Trinajstić information content (AvgIpc) is 2.47. The third-order valence-electron chi connectivity index (χ3n) is 3.16. The normalized spacial score (nSPS) is 12.2. The molecule has 0 spiro atoms. The molecule has 0 unspecified atom stereocenters. The van der Waals surface area contributed by atoms with Crippen LogP contribution in [0.1, 0.15) is 38.8 Å². The molecule has 0 atom stereocenters. The molecule has 144 valence electrons. The van der Waals surface area contributed by atoms with Gasteiger partial charge in [0, 0.05) is 26.2 Å². The maximum Gasteiger partial charge on any atom is 0.216 e. The lowest BCUT2D eigenvalue weighted by Gasteiger charge is -2.14. The molecular formula is C17H31IN4O2S. The van der Waals surface area contributed by atoms with E-state index in [9.17, 15) is 8.42 Å². The number of sulfonamides is 1. The minimum atomic E-state index is -3.29. The minimum absolute atomic E-state index is 0. The summed E-state index contributed by atoms with van der Waals surface area (Å²) in [5, 5.41) is 6.49. The monoisotopic (exact) mass is 482 g/mol. The van der Waals surface area contributed by atoms with Gasteiger partial charge in [-0.25, -0.2) is 13.1 Å². The summed E-state index contributed by atoms with van der Waals surface area (Å²) in [6.07, 6.45) is 0. The van der Waals surface area contributed by atoms with Crippen molar-refractivity contribution in [3.05, 3.63) is 35.4 Å². The van der Waals surface area contributed by atoms with E-state index < -0.39 is 10.0 Å². The quantitative estimate of drug-likeness (QED) is 0.302. The van der Waals surface area contributed by atoms with Crippen LogP contribution in [0.15, 0.2) is 29.3 Å². The molecule has 0 aliphatic heterocycles. The van der Waals surface area contributed by atoms with Crippen LogP contribution >= 0.6 is 24.0 Å². The third kappa shape index (κ3) is 10.7. The van der Waals surface area contributed by atoms with E-state index in [1.54, 1.807) is 7.05 Å². The van der Waals surface area contributed by atoms with Gasteiger partial charge in [0.25, 0.3) is 0 Å². The molecule has 0 heterocycles. The lowest BCUT2D eigenvalue weighted by atomic mass is 10.1. The van der Waals surface area contributed by atoms with Crippen LogP contribution in [0.5, 0.6) is 0 Å². The highest BCUT2D eigenvalue weighted by atomic mass is 127. The highest BCUT2D eigenvalue weighted by Crippen LogP contribution is 2.08. The number of halogens is 1. The largest absolute Gasteiger partial charge is 0.356 e. The second-order valence-electron chi connectivity index (χ2n) is 6.55. The Morgan fingerprint density at radius 3 is 2.08 bits per heavy atom. The van der Waals surface area contributed by atoms with Gasteiger partial charge in [0.2, 0.25) is 10.0 Å². The Bertz CT molecular complexity index is 629. The van der Waals surface area contributed by atoms with Crippen molar-refractivity contribution in [3.8, 4) is 0 Å². The molecule has 8 heteroatoms. The van der Waals surface area contributed by atoms with Crippen LogP contribution in [0, 0.1) is 5.92 Å². The molecule has 1 aromatic carbocycles. The summed E-state index contributed by atoms with van der Waals surface area (Å²) in [4.78, 5) is 4.18. The van der Waals surface area contributed by atoms with Crippen molar-refractivity contribution in [1.29, 1.82) is 0 Å². The van der Waals surface area contributed by atoms with E-state index in [2.05, 4.69) is 34.2 Å². The number of hydrogen-bond donors (Lipinski definition) is 3. The van der Waals surface area contributed by atoms with Gasteiger partial charge in [-0.3, -0.25) is 4.99 Å². The summed E-state index contributed by atoms with van der Waals surface area (Å²) in [6.45, 7) is 9.40. The summed E-state index contributed by atoms with van der Waals surface area (Å²) >= 11 is 0. The molecule has 6 nitrogen and oxygen atoms in total. The predicted octanol–water partition coefficient (Wildman–Crippen LogP) is 2.45. The first-order chi connectivity index (χ1) is 11.2. The molecular weight excluding hydrogens is 451 g/mol. The second-order valence-corrected chi connectivity index (χ2v) is 8.30. The lowest BCUT2D eigenvalue weighted by molar-refractivity contribution is 0.569. The van der Waals surface area contributed by atoms with Gasteiger partial charge in [-0.2, -0.15) is 0 Å². The van der Waals surface area contributed by atoms with Crippen molar-refractivity contribution in [2.45, 2.75) is 46.0 Å². The summed E-state index contributed by atoms with van der Waals surface area (Å²) in [6, 6.07) is 7.47. The fourth-order valence-electron chi connectivity index (χ4n) is 2.08. The van der Waals surface area contributed by atoms with Gasteiger partial charge in [0.15, 0.2) is 5.96 Å². The smallest absolute Gasteiger partial charge is 0.216 e. The zero-order chi connectivity index (χ0) is 18.2. The second kappa shape index (κ2) is 11.7. The fourth-order valence-corrected chi connectivity index (χ4v) is 3.51. The number of nitrogens with one attached hydrogen (secondary N) is 3. The molecule has 0 saturated heterocycles. The van der Waals surface area contributed by atoms with Crippen LogP contribution in [0.25, 0.3) is 0 Å². The van der Waals surface area contributed by atoms with Crippen LogP contribution in [0.4, 0.5) is 0 Å². The molecule has 1 rings (SSSR count). The van der Waals surface area contributed by atoms with Crippen LogP contribution in [-0.4, -0.2) is 34.0 Å². The fraction of sp³-hybridized carbons (Fsp3) is 0.588. The molecule has 0 aromatic heterocycles. The SMILES string of the molecule is CN=C(NCc1ccc(CS(=O)(=O)NC(C)C)cc1)NCC(C)C.I. The maximum absolute atomic E-state index is 11.9. The molecule has 3 N–H and O–H groups in total. The van der Waals surface area contributed by atoms with Crippen molar-refractivity contribution >= 4 is 40.0 Å². The van der Waals surface area contributed by atoms with Gasteiger partial charge in [-0.05, 0) is 30.9 Å². The van der Waals surface area contributed by atoms with Crippen LogP contribution in [0.2, 0.25) is 0 Å². The highest BCUT2D eigenvalue weighted by molar-refractivity contribution is 14.0. The number of guanidine groups is 1. The molecule has 0 fully saturated rings. The standard InChI is InChI=1S/C17H30N4O2S.HI/c1-13(2)10-19-17(18-5)20-11-15-6-8-16(9-7-15)12-24(22,23)21-14(3)4;/h6-9,13-14,21H,10-12H2,1-5H3,(H2,18,19,20);1H. The lowest BCUT2D eigenvalue weighted by Crippen LogP contribution is -2.38. The Morgan fingerprint density at radius 1 is 1.04 bits per heavy atom. The minimum Gasteiger partial charge on any atom is -0.356 e. The first kappa shape index (κ1) is 24.1. The van der Waals surface area contributed by atoms with Gasteiger partial charge < -0.3 is 10.6 Å². The molecule has 0 bridgehead atoms. The van der Waals surface area contributed by atoms with Crippen molar-refractivity contribution in [2.24, 2.45) is 10.9 Å². The van der Waals surface area contributed by atoms with Crippen molar-refractivity contribution in [3.63, 3.8) is 0 Å². The van der Waals surface area contributed by atoms with E-state index in [1.165, 1.54) is 0 Å². The Hall–Kier alpha value is -0.870. The number of aliphatic imine (C=N–C) groups is 1. The van der Waals surface area contributed by atoms with Crippen LogP contribution in [0.3, 0.4) is 0 Å². The Labute approximate surface area is 169 Å². The van der Waals surface area contributed by atoms with Crippen molar-refractivity contribution in [1.82, 2.24) is 15.4 Å². The summed E-state index contributed by atoms with van der Waals surface area (Å²) < 4.78 is 26.4. The summed E-state index contributed by atoms with van der Waals surface area (Å²) in [7, 11) is -1.55. The predicted molar refractivity (Wildman–Crippen MR) is 116 cm³/mol. The van der Waals surface area contributed by atoms with Gasteiger partial charge in [-0.1, -0.05) is 38.1 Å². The number of benzene rings is 1. The summed E-state index contributed by atoms with van der Waals surface area (Å²) in [5.41, 5.74) is 1.84. The average molecular weight is 482 g/mol. The number of hydrogen-bond acceptors (Lipinski definition) is 3. The topological polar surface area (TPSA) is 82.6 Å². The third-order valence-corrected chi connectivity index (χ3v) is 4.70. The summed E-state index contributed by atoms with van der Waals surface area (Å²) in [5.74, 6) is 1.30. The first-order valence-electron chi connectivity index (χ1n) is 8.24. The number of rotatable bonds is 8. The molecule has 0 radical (unpaired) electrons. The van der Waals surface area contributed by atoms with Crippen LogP contribution in [-0.2, 0) is 22.3 Å². The zero-order valence-electron chi connectivity index (χ0n) is 15.7. The maximum atomic E-state index is 11.9. The van der Waals surface area contributed by atoms with E-state index in [1.807, 2.05) is 38.1 Å². The van der Waals surface area contributed by atoms with E-state index in [4.69, 9.17) is 0 Å². The van der Waals surface area contributed by atoms with E-state index >= 15 is 0 Å².